The van der Waals surface area contributed by atoms with Crippen molar-refractivity contribution in [2.45, 2.75) is 46.1 Å². The Labute approximate surface area is 101 Å². The lowest BCUT2D eigenvalue weighted by atomic mass is 9.89. The molecule has 4 atom stereocenters. The summed E-state index contributed by atoms with van der Waals surface area (Å²) in [4.78, 5) is 2.69. The lowest BCUT2D eigenvalue weighted by Gasteiger charge is -2.40. The Balaban J connectivity index is 1.83. The van der Waals surface area contributed by atoms with Crippen molar-refractivity contribution in [2.24, 2.45) is 17.8 Å². The summed E-state index contributed by atoms with van der Waals surface area (Å²) in [7, 11) is 0. The van der Waals surface area contributed by atoms with Crippen molar-refractivity contribution >= 4 is 0 Å². The van der Waals surface area contributed by atoms with E-state index in [1.807, 2.05) is 0 Å². The molecule has 2 aliphatic heterocycles. The van der Waals surface area contributed by atoms with Crippen molar-refractivity contribution in [1.82, 2.24) is 10.2 Å². The number of rotatable bonds is 2. The molecular weight excluding hydrogens is 196 g/mol. The molecule has 2 heteroatoms. The average molecular weight is 224 g/mol. The normalized spacial score (nSPS) is 42.2. The van der Waals surface area contributed by atoms with Gasteiger partial charge in [-0.3, -0.25) is 0 Å². The highest BCUT2D eigenvalue weighted by Gasteiger charge is 2.27. The standard InChI is InChI=1S/C14H28N2/c1-11-7-12(2)9-16(8-11)10-14-13(3)5-4-6-15-14/h11-15H,4-10H2,1-3H3. The van der Waals surface area contributed by atoms with Crippen LogP contribution >= 0.6 is 0 Å². The molecule has 0 spiro atoms. The molecule has 2 heterocycles. The van der Waals surface area contributed by atoms with Crippen molar-refractivity contribution in [3.8, 4) is 0 Å². The summed E-state index contributed by atoms with van der Waals surface area (Å²) in [5.41, 5.74) is 0. The molecule has 0 radical (unpaired) electrons. The SMILES string of the molecule is CC1CC(C)CN(CC2NCCCC2C)C1. The molecule has 2 fully saturated rings. The van der Waals surface area contributed by atoms with Gasteiger partial charge in [-0.05, 0) is 43.6 Å². The van der Waals surface area contributed by atoms with E-state index in [9.17, 15) is 0 Å². The summed E-state index contributed by atoms with van der Waals surface area (Å²) in [5, 5.41) is 3.70. The van der Waals surface area contributed by atoms with E-state index in [-0.39, 0.29) is 0 Å². The van der Waals surface area contributed by atoms with Crippen molar-refractivity contribution in [1.29, 1.82) is 0 Å². The maximum absolute atomic E-state index is 3.70. The van der Waals surface area contributed by atoms with Gasteiger partial charge in [0.1, 0.15) is 0 Å². The van der Waals surface area contributed by atoms with E-state index in [0.29, 0.717) is 0 Å². The Kier molecular flexibility index (Phi) is 4.26. The number of piperidine rings is 2. The molecule has 0 aromatic heterocycles. The molecule has 0 aliphatic carbocycles. The second-order valence-electron chi connectivity index (χ2n) is 6.34. The van der Waals surface area contributed by atoms with Gasteiger partial charge in [0.2, 0.25) is 0 Å². The van der Waals surface area contributed by atoms with E-state index in [1.54, 1.807) is 0 Å². The molecule has 0 bridgehead atoms. The maximum atomic E-state index is 3.70. The van der Waals surface area contributed by atoms with Crippen LogP contribution in [0.2, 0.25) is 0 Å². The van der Waals surface area contributed by atoms with Crippen LogP contribution in [0.15, 0.2) is 0 Å². The van der Waals surface area contributed by atoms with E-state index in [1.165, 1.54) is 45.4 Å². The Morgan fingerprint density at radius 2 is 1.81 bits per heavy atom. The molecule has 2 saturated heterocycles. The molecule has 16 heavy (non-hydrogen) atoms. The van der Waals surface area contributed by atoms with Crippen LogP contribution in [-0.2, 0) is 0 Å². The number of likely N-dealkylation sites (tertiary alicyclic amines) is 1. The molecule has 2 aliphatic rings. The summed E-state index contributed by atoms with van der Waals surface area (Å²) in [5.74, 6) is 2.64. The highest BCUT2D eigenvalue weighted by molar-refractivity contribution is 4.84. The number of nitrogens with zero attached hydrogens (tertiary/aromatic N) is 1. The topological polar surface area (TPSA) is 15.3 Å². The fourth-order valence-corrected chi connectivity index (χ4v) is 3.58. The lowest BCUT2D eigenvalue weighted by Crippen LogP contribution is -2.51. The molecule has 2 nitrogen and oxygen atoms in total. The average Bonchev–Trinajstić information content (AvgIpc) is 2.20. The first-order valence-electron chi connectivity index (χ1n) is 7.11. The second kappa shape index (κ2) is 5.50. The third-order valence-electron chi connectivity index (χ3n) is 4.33. The molecular formula is C14H28N2. The Bertz CT molecular complexity index is 207. The zero-order chi connectivity index (χ0) is 11.5. The lowest BCUT2D eigenvalue weighted by molar-refractivity contribution is 0.111. The van der Waals surface area contributed by atoms with E-state index in [0.717, 1.165) is 23.8 Å². The predicted octanol–water partition coefficient (Wildman–Crippen LogP) is 2.35. The largest absolute Gasteiger partial charge is 0.312 e. The van der Waals surface area contributed by atoms with Gasteiger partial charge in [-0.15, -0.1) is 0 Å². The van der Waals surface area contributed by atoms with Crippen molar-refractivity contribution < 1.29 is 0 Å². The minimum atomic E-state index is 0.742. The molecule has 4 unspecified atom stereocenters. The van der Waals surface area contributed by atoms with Crippen LogP contribution in [-0.4, -0.2) is 37.1 Å². The van der Waals surface area contributed by atoms with Gasteiger partial charge in [-0.1, -0.05) is 20.8 Å². The van der Waals surface area contributed by atoms with Crippen LogP contribution in [0.3, 0.4) is 0 Å². The monoisotopic (exact) mass is 224 g/mol. The van der Waals surface area contributed by atoms with Gasteiger partial charge >= 0.3 is 0 Å². The maximum Gasteiger partial charge on any atom is 0.0220 e. The molecule has 0 aromatic rings. The first-order chi connectivity index (χ1) is 7.65. The van der Waals surface area contributed by atoms with Crippen LogP contribution in [0, 0.1) is 17.8 Å². The van der Waals surface area contributed by atoms with Gasteiger partial charge in [-0.25, -0.2) is 0 Å². The summed E-state index contributed by atoms with van der Waals surface area (Å²) in [6.45, 7) is 12.3. The van der Waals surface area contributed by atoms with E-state index in [4.69, 9.17) is 0 Å². The number of hydrogen-bond acceptors (Lipinski definition) is 2. The van der Waals surface area contributed by atoms with Gasteiger partial charge in [0.25, 0.3) is 0 Å². The minimum Gasteiger partial charge on any atom is -0.312 e. The van der Waals surface area contributed by atoms with Gasteiger partial charge in [0.15, 0.2) is 0 Å². The minimum absolute atomic E-state index is 0.742. The molecule has 2 rings (SSSR count). The quantitative estimate of drug-likeness (QED) is 0.774. The fraction of sp³-hybridized carbons (Fsp3) is 1.00. The first kappa shape index (κ1) is 12.4. The molecule has 0 amide bonds. The van der Waals surface area contributed by atoms with Crippen molar-refractivity contribution in [3.63, 3.8) is 0 Å². The summed E-state index contributed by atoms with van der Waals surface area (Å²) in [6.07, 6.45) is 4.20. The van der Waals surface area contributed by atoms with Crippen molar-refractivity contribution in [3.05, 3.63) is 0 Å². The second-order valence-corrected chi connectivity index (χ2v) is 6.34. The van der Waals surface area contributed by atoms with Crippen LogP contribution < -0.4 is 5.32 Å². The van der Waals surface area contributed by atoms with Crippen molar-refractivity contribution in [2.75, 3.05) is 26.2 Å². The van der Waals surface area contributed by atoms with Crippen LogP contribution in [0.25, 0.3) is 0 Å². The number of nitrogens with one attached hydrogen (secondary N) is 1. The Morgan fingerprint density at radius 3 is 2.44 bits per heavy atom. The summed E-state index contributed by atoms with van der Waals surface area (Å²) < 4.78 is 0. The highest BCUT2D eigenvalue weighted by Crippen LogP contribution is 2.23. The van der Waals surface area contributed by atoms with Gasteiger partial charge in [0, 0.05) is 25.7 Å². The molecule has 0 saturated carbocycles. The first-order valence-corrected chi connectivity index (χ1v) is 7.11. The Morgan fingerprint density at radius 1 is 1.12 bits per heavy atom. The van der Waals surface area contributed by atoms with Crippen LogP contribution in [0.1, 0.15) is 40.0 Å². The highest BCUT2D eigenvalue weighted by atomic mass is 15.2. The van der Waals surface area contributed by atoms with Gasteiger partial charge in [0.05, 0.1) is 0 Å². The molecule has 94 valence electrons. The third-order valence-corrected chi connectivity index (χ3v) is 4.33. The third kappa shape index (κ3) is 3.21. The fourth-order valence-electron chi connectivity index (χ4n) is 3.58. The van der Waals surface area contributed by atoms with E-state index < -0.39 is 0 Å². The zero-order valence-corrected chi connectivity index (χ0v) is 11.2. The molecule has 0 aromatic carbocycles. The Hall–Kier alpha value is -0.0800. The zero-order valence-electron chi connectivity index (χ0n) is 11.2. The summed E-state index contributed by atoms with van der Waals surface area (Å²) >= 11 is 0. The van der Waals surface area contributed by atoms with Gasteiger partial charge < -0.3 is 10.2 Å². The van der Waals surface area contributed by atoms with Crippen LogP contribution in [0.5, 0.6) is 0 Å². The van der Waals surface area contributed by atoms with Crippen LogP contribution in [0.4, 0.5) is 0 Å². The van der Waals surface area contributed by atoms with E-state index in [2.05, 4.69) is 31.0 Å². The summed E-state index contributed by atoms with van der Waals surface area (Å²) in [6, 6.07) is 0.742. The predicted molar refractivity (Wildman–Crippen MR) is 69.6 cm³/mol. The van der Waals surface area contributed by atoms with Gasteiger partial charge in [-0.2, -0.15) is 0 Å². The molecule has 1 N–H and O–H groups in total. The van der Waals surface area contributed by atoms with E-state index >= 15 is 0 Å². The number of hydrogen-bond donors (Lipinski definition) is 1. The smallest absolute Gasteiger partial charge is 0.0220 e.